The molecule has 1 aliphatic carbocycles. The summed E-state index contributed by atoms with van der Waals surface area (Å²) in [6.07, 6.45) is 4.74. The van der Waals surface area contributed by atoms with Crippen molar-refractivity contribution in [1.82, 2.24) is 10.2 Å². The first-order chi connectivity index (χ1) is 16.6. The maximum absolute atomic E-state index is 13.5. The van der Waals surface area contributed by atoms with Gasteiger partial charge < -0.3 is 15.0 Å². The average Bonchev–Trinajstić information content (AvgIpc) is 3.36. The first-order valence-electron chi connectivity index (χ1n) is 12.0. The molecule has 3 aromatic rings. The fraction of sp³-hybridized carbons (Fsp3) is 0.357. The number of hydrogen-bond acceptors (Lipinski definition) is 3. The smallest absolute Gasteiger partial charge is 0.261 e. The Kier molecular flexibility index (Phi) is 8.07. The molecule has 6 heteroatoms. The minimum Gasteiger partial charge on any atom is -0.483 e. The topological polar surface area (TPSA) is 58.6 Å². The Morgan fingerprint density at radius 3 is 2.50 bits per heavy atom. The van der Waals surface area contributed by atoms with E-state index in [9.17, 15) is 9.59 Å². The molecular weight excluding hydrogens is 448 g/mol. The van der Waals surface area contributed by atoms with Crippen molar-refractivity contribution in [2.24, 2.45) is 0 Å². The van der Waals surface area contributed by atoms with E-state index in [-0.39, 0.29) is 31.0 Å². The summed E-state index contributed by atoms with van der Waals surface area (Å²) >= 11 is 6.41. The molecule has 1 atom stereocenters. The third-order valence-corrected chi connectivity index (χ3v) is 6.86. The van der Waals surface area contributed by atoms with Crippen LogP contribution < -0.4 is 10.1 Å². The van der Waals surface area contributed by atoms with Crippen LogP contribution in [0.1, 0.15) is 44.6 Å². The highest BCUT2D eigenvalue weighted by atomic mass is 35.5. The Labute approximate surface area is 206 Å². The Morgan fingerprint density at radius 1 is 1.03 bits per heavy atom. The Morgan fingerprint density at radius 2 is 1.74 bits per heavy atom. The van der Waals surface area contributed by atoms with Gasteiger partial charge in [-0.2, -0.15) is 0 Å². The molecule has 2 amide bonds. The zero-order valence-corrected chi connectivity index (χ0v) is 20.3. The number of ether oxygens (including phenoxy) is 1. The lowest BCUT2D eigenvalue weighted by atomic mass is 10.1. The van der Waals surface area contributed by atoms with Crippen molar-refractivity contribution < 1.29 is 14.3 Å². The van der Waals surface area contributed by atoms with E-state index in [4.69, 9.17) is 16.3 Å². The second-order valence-corrected chi connectivity index (χ2v) is 9.20. The standard InChI is InChI=1S/C28H31ClN2O3/c1-2-25(28(33)30-22-13-5-6-14-22)31(18-21-11-4-8-16-24(21)29)27(32)19-34-26-17-9-12-20-10-3-7-15-23(20)26/h3-4,7-12,15-17,22,25H,2,5-6,13-14,18-19H2,1H3,(H,30,33)/t25-/m1/s1. The van der Waals surface area contributed by atoms with Gasteiger partial charge in [0.05, 0.1) is 0 Å². The van der Waals surface area contributed by atoms with E-state index < -0.39 is 6.04 Å². The summed E-state index contributed by atoms with van der Waals surface area (Å²) in [4.78, 5) is 28.3. The predicted molar refractivity (Wildman–Crippen MR) is 136 cm³/mol. The van der Waals surface area contributed by atoms with Crippen LogP contribution in [-0.4, -0.2) is 35.4 Å². The van der Waals surface area contributed by atoms with Gasteiger partial charge in [0.2, 0.25) is 5.91 Å². The fourth-order valence-electron chi connectivity index (χ4n) is 4.64. The number of hydrogen-bond donors (Lipinski definition) is 1. The number of benzene rings is 3. The van der Waals surface area contributed by atoms with Crippen LogP contribution in [0.5, 0.6) is 5.75 Å². The van der Waals surface area contributed by atoms with Crippen LogP contribution in [0.2, 0.25) is 5.02 Å². The van der Waals surface area contributed by atoms with E-state index in [0.717, 1.165) is 42.0 Å². The van der Waals surface area contributed by atoms with E-state index in [1.54, 1.807) is 11.0 Å². The lowest BCUT2D eigenvalue weighted by molar-refractivity contribution is -0.143. The van der Waals surface area contributed by atoms with Gasteiger partial charge in [0.15, 0.2) is 6.61 Å². The first-order valence-corrected chi connectivity index (χ1v) is 12.4. The summed E-state index contributed by atoms with van der Waals surface area (Å²) in [5.41, 5.74) is 0.801. The number of halogens is 1. The number of fused-ring (bicyclic) bond motifs is 1. The summed E-state index contributed by atoms with van der Waals surface area (Å²) in [6, 6.07) is 20.7. The summed E-state index contributed by atoms with van der Waals surface area (Å²) in [5, 5.41) is 5.72. The average molecular weight is 479 g/mol. The maximum Gasteiger partial charge on any atom is 0.261 e. The van der Waals surface area contributed by atoms with E-state index in [1.165, 1.54) is 0 Å². The molecule has 0 aliphatic heterocycles. The zero-order valence-electron chi connectivity index (χ0n) is 19.5. The number of carbonyl (C=O) groups is 2. The lowest BCUT2D eigenvalue weighted by Crippen LogP contribution is -2.52. The second-order valence-electron chi connectivity index (χ2n) is 8.79. The van der Waals surface area contributed by atoms with Gasteiger partial charge in [0.25, 0.3) is 5.91 Å². The van der Waals surface area contributed by atoms with Crippen LogP contribution in [0.25, 0.3) is 10.8 Å². The molecule has 0 spiro atoms. The molecule has 5 nitrogen and oxygen atoms in total. The van der Waals surface area contributed by atoms with Crippen LogP contribution in [0.3, 0.4) is 0 Å². The SMILES string of the molecule is CC[C@H](C(=O)NC1CCCC1)N(Cc1ccccc1Cl)C(=O)COc1cccc2ccccc12. The molecule has 1 aliphatic rings. The van der Waals surface area contributed by atoms with Gasteiger partial charge in [-0.05, 0) is 42.3 Å². The fourth-order valence-corrected chi connectivity index (χ4v) is 4.84. The molecule has 0 unspecified atom stereocenters. The monoisotopic (exact) mass is 478 g/mol. The minimum absolute atomic E-state index is 0.111. The Bertz CT molecular complexity index is 1140. The predicted octanol–water partition coefficient (Wildman–Crippen LogP) is 5.74. The first kappa shape index (κ1) is 24.1. The molecule has 178 valence electrons. The summed E-state index contributed by atoms with van der Waals surface area (Å²) in [6.45, 7) is 2.01. The molecule has 1 saturated carbocycles. The van der Waals surface area contributed by atoms with Crippen LogP contribution in [0.4, 0.5) is 0 Å². The molecule has 3 aromatic carbocycles. The minimum atomic E-state index is -0.597. The van der Waals surface area contributed by atoms with Crippen molar-refractivity contribution in [3.8, 4) is 5.75 Å². The number of nitrogens with one attached hydrogen (secondary N) is 1. The zero-order chi connectivity index (χ0) is 23.9. The molecule has 0 bridgehead atoms. The second kappa shape index (κ2) is 11.4. The maximum atomic E-state index is 13.5. The van der Waals surface area contributed by atoms with Crippen LogP contribution >= 0.6 is 11.6 Å². The van der Waals surface area contributed by atoms with Crippen molar-refractivity contribution in [2.75, 3.05) is 6.61 Å². The molecule has 0 heterocycles. The molecule has 4 rings (SSSR count). The summed E-state index contributed by atoms with van der Waals surface area (Å²) in [5.74, 6) is 0.286. The molecule has 0 aromatic heterocycles. The van der Waals surface area contributed by atoms with Crippen LogP contribution in [0.15, 0.2) is 66.7 Å². The van der Waals surface area contributed by atoms with Gasteiger partial charge in [-0.15, -0.1) is 0 Å². The van der Waals surface area contributed by atoms with Gasteiger partial charge in [0.1, 0.15) is 11.8 Å². The quantitative estimate of drug-likeness (QED) is 0.426. The number of carbonyl (C=O) groups excluding carboxylic acids is 2. The molecular formula is C28H31ClN2O3. The largest absolute Gasteiger partial charge is 0.483 e. The normalized spacial score (nSPS) is 14.6. The van der Waals surface area contributed by atoms with E-state index >= 15 is 0 Å². The van der Waals surface area contributed by atoms with E-state index in [2.05, 4.69) is 5.32 Å². The van der Waals surface area contributed by atoms with E-state index in [1.807, 2.05) is 67.6 Å². The molecule has 0 saturated heterocycles. The summed E-state index contributed by atoms with van der Waals surface area (Å²) < 4.78 is 5.98. The lowest BCUT2D eigenvalue weighted by Gasteiger charge is -2.31. The van der Waals surface area contributed by atoms with Gasteiger partial charge in [-0.1, -0.05) is 86.0 Å². The van der Waals surface area contributed by atoms with Crippen LogP contribution in [-0.2, 0) is 16.1 Å². The van der Waals surface area contributed by atoms with Crippen LogP contribution in [0, 0.1) is 0 Å². The highest BCUT2D eigenvalue weighted by Gasteiger charge is 2.31. The Hall–Kier alpha value is -3.05. The molecule has 1 N–H and O–H groups in total. The number of nitrogens with zero attached hydrogens (tertiary/aromatic N) is 1. The third kappa shape index (κ3) is 5.71. The van der Waals surface area contributed by atoms with Crippen molar-refractivity contribution in [3.63, 3.8) is 0 Å². The van der Waals surface area contributed by atoms with Gasteiger partial charge in [0, 0.05) is 23.0 Å². The highest BCUT2D eigenvalue weighted by Crippen LogP contribution is 2.26. The highest BCUT2D eigenvalue weighted by molar-refractivity contribution is 6.31. The van der Waals surface area contributed by atoms with Gasteiger partial charge in [-0.3, -0.25) is 9.59 Å². The number of rotatable bonds is 9. The summed E-state index contributed by atoms with van der Waals surface area (Å²) in [7, 11) is 0. The van der Waals surface area contributed by atoms with Crippen molar-refractivity contribution in [1.29, 1.82) is 0 Å². The third-order valence-electron chi connectivity index (χ3n) is 6.49. The molecule has 34 heavy (non-hydrogen) atoms. The van der Waals surface area contributed by atoms with Crippen molar-refractivity contribution >= 4 is 34.2 Å². The molecule has 1 fully saturated rings. The Balaban J connectivity index is 1.55. The van der Waals surface area contributed by atoms with Gasteiger partial charge >= 0.3 is 0 Å². The van der Waals surface area contributed by atoms with Crippen molar-refractivity contribution in [2.45, 2.75) is 57.7 Å². The number of amides is 2. The van der Waals surface area contributed by atoms with Gasteiger partial charge in [-0.25, -0.2) is 0 Å². The molecule has 0 radical (unpaired) electrons. The van der Waals surface area contributed by atoms with Crippen molar-refractivity contribution in [3.05, 3.63) is 77.3 Å². The van der Waals surface area contributed by atoms with E-state index in [0.29, 0.717) is 17.2 Å².